The number of nitrogens with zero attached hydrogens (tertiary/aromatic N) is 2. The summed E-state index contributed by atoms with van der Waals surface area (Å²) in [6.07, 6.45) is 4.23. The molecule has 2 amide bonds. The molecule has 0 bridgehead atoms. The lowest BCUT2D eigenvalue weighted by Crippen LogP contribution is -2.33. The van der Waals surface area contributed by atoms with Gasteiger partial charge in [0.25, 0.3) is 11.8 Å². The predicted octanol–water partition coefficient (Wildman–Crippen LogP) is 3.75. The number of benzene rings is 2. The summed E-state index contributed by atoms with van der Waals surface area (Å²) in [6, 6.07) is 11.2. The highest BCUT2D eigenvalue weighted by molar-refractivity contribution is 6.06. The second-order valence-corrected chi connectivity index (χ2v) is 8.13. The third-order valence-corrected chi connectivity index (χ3v) is 5.38. The molecular formula is C24H31FN4O2. The predicted molar refractivity (Wildman–Crippen MR) is 122 cm³/mol. The van der Waals surface area contributed by atoms with Crippen molar-refractivity contribution in [3.05, 3.63) is 59.4 Å². The molecule has 0 radical (unpaired) electrons. The van der Waals surface area contributed by atoms with Gasteiger partial charge in [-0.3, -0.25) is 9.59 Å². The first-order valence-corrected chi connectivity index (χ1v) is 10.8. The Labute approximate surface area is 183 Å². The Morgan fingerprint density at radius 2 is 1.74 bits per heavy atom. The monoisotopic (exact) mass is 426 g/mol. The molecule has 0 unspecified atom stereocenters. The van der Waals surface area contributed by atoms with Crippen LogP contribution in [-0.4, -0.2) is 57.0 Å². The number of anilines is 2. The average molecular weight is 427 g/mol. The summed E-state index contributed by atoms with van der Waals surface area (Å²) in [5.41, 5.74) is 1.83. The highest BCUT2D eigenvalue weighted by Gasteiger charge is 2.20. The second kappa shape index (κ2) is 10.9. The number of halogens is 1. The minimum Gasteiger partial charge on any atom is -0.371 e. The summed E-state index contributed by atoms with van der Waals surface area (Å²) in [5.74, 6) is -1.29. The summed E-state index contributed by atoms with van der Waals surface area (Å²) in [7, 11) is 4.00. The number of carbonyl (C=O) groups is 2. The van der Waals surface area contributed by atoms with E-state index in [1.54, 1.807) is 18.2 Å². The normalized spacial score (nSPS) is 13.9. The molecule has 2 N–H and O–H groups in total. The maximum atomic E-state index is 14.0. The minimum atomic E-state index is -0.580. The van der Waals surface area contributed by atoms with Crippen LogP contribution in [-0.2, 0) is 0 Å². The quantitative estimate of drug-likeness (QED) is 0.631. The van der Waals surface area contributed by atoms with E-state index in [0.29, 0.717) is 17.8 Å². The van der Waals surface area contributed by atoms with Gasteiger partial charge < -0.3 is 20.4 Å². The van der Waals surface area contributed by atoms with Crippen LogP contribution in [0.4, 0.5) is 15.8 Å². The largest absolute Gasteiger partial charge is 0.371 e. The van der Waals surface area contributed by atoms with Crippen LogP contribution in [0.1, 0.15) is 46.4 Å². The lowest BCUT2D eigenvalue weighted by atomic mass is 10.1. The van der Waals surface area contributed by atoms with Gasteiger partial charge in [-0.2, -0.15) is 0 Å². The molecule has 2 aromatic rings. The molecule has 1 aliphatic rings. The second-order valence-electron chi connectivity index (χ2n) is 8.13. The molecule has 6 nitrogen and oxygen atoms in total. The molecule has 0 spiro atoms. The molecule has 3 rings (SSSR count). The zero-order valence-corrected chi connectivity index (χ0v) is 18.3. The summed E-state index contributed by atoms with van der Waals surface area (Å²) in [6.45, 7) is 3.27. The molecule has 1 aliphatic heterocycles. The number of amides is 2. The van der Waals surface area contributed by atoms with Gasteiger partial charge in [0.2, 0.25) is 0 Å². The van der Waals surface area contributed by atoms with Crippen molar-refractivity contribution in [1.29, 1.82) is 0 Å². The van der Waals surface area contributed by atoms with Gasteiger partial charge in [0.1, 0.15) is 5.82 Å². The third-order valence-electron chi connectivity index (χ3n) is 5.38. The van der Waals surface area contributed by atoms with Crippen molar-refractivity contribution in [2.75, 3.05) is 50.5 Å². The fraction of sp³-hybridized carbons (Fsp3) is 0.417. The molecule has 166 valence electrons. The molecule has 0 aromatic heterocycles. The van der Waals surface area contributed by atoms with E-state index in [-0.39, 0.29) is 11.5 Å². The van der Waals surface area contributed by atoms with Crippen LogP contribution in [0.15, 0.2) is 42.5 Å². The SMILES string of the molecule is CN(C)CCCNC(=O)c1cc(NC(=O)c2ccccc2F)ccc1N1CCCCC1. The topological polar surface area (TPSA) is 64.7 Å². The van der Waals surface area contributed by atoms with Gasteiger partial charge in [-0.15, -0.1) is 0 Å². The van der Waals surface area contributed by atoms with E-state index in [0.717, 1.165) is 44.6 Å². The first kappa shape index (κ1) is 22.7. The van der Waals surface area contributed by atoms with Crippen molar-refractivity contribution in [2.45, 2.75) is 25.7 Å². The van der Waals surface area contributed by atoms with Crippen molar-refractivity contribution < 1.29 is 14.0 Å². The van der Waals surface area contributed by atoms with Crippen LogP contribution in [0.3, 0.4) is 0 Å². The molecule has 2 aromatic carbocycles. The van der Waals surface area contributed by atoms with Crippen molar-refractivity contribution in [3.8, 4) is 0 Å². The van der Waals surface area contributed by atoms with Crippen LogP contribution in [0.5, 0.6) is 0 Å². The van der Waals surface area contributed by atoms with Crippen molar-refractivity contribution in [3.63, 3.8) is 0 Å². The molecule has 1 heterocycles. The minimum absolute atomic E-state index is 0.0303. The van der Waals surface area contributed by atoms with Gasteiger partial charge in [0.05, 0.1) is 11.1 Å². The van der Waals surface area contributed by atoms with E-state index >= 15 is 0 Å². The smallest absolute Gasteiger partial charge is 0.258 e. The molecule has 0 saturated carbocycles. The number of hydrogen-bond acceptors (Lipinski definition) is 4. The van der Waals surface area contributed by atoms with Gasteiger partial charge in [0, 0.05) is 31.0 Å². The maximum Gasteiger partial charge on any atom is 0.258 e. The molecule has 1 saturated heterocycles. The van der Waals surface area contributed by atoms with Crippen LogP contribution < -0.4 is 15.5 Å². The molecule has 7 heteroatoms. The number of piperidine rings is 1. The molecule has 1 fully saturated rings. The van der Waals surface area contributed by atoms with E-state index in [1.807, 2.05) is 20.2 Å². The van der Waals surface area contributed by atoms with Crippen LogP contribution in [0.2, 0.25) is 0 Å². The highest BCUT2D eigenvalue weighted by Crippen LogP contribution is 2.27. The Morgan fingerprint density at radius 3 is 2.45 bits per heavy atom. The van der Waals surface area contributed by atoms with Gasteiger partial charge in [-0.1, -0.05) is 12.1 Å². The van der Waals surface area contributed by atoms with Crippen molar-refractivity contribution in [2.24, 2.45) is 0 Å². The van der Waals surface area contributed by atoms with E-state index in [1.165, 1.54) is 24.6 Å². The number of carbonyl (C=O) groups excluding carboxylic acids is 2. The summed E-state index contributed by atoms with van der Waals surface area (Å²) < 4.78 is 14.0. The van der Waals surface area contributed by atoms with Gasteiger partial charge >= 0.3 is 0 Å². The fourth-order valence-corrected chi connectivity index (χ4v) is 3.74. The Hall–Kier alpha value is -2.93. The Balaban J connectivity index is 1.79. The number of rotatable bonds is 8. The van der Waals surface area contributed by atoms with Crippen LogP contribution in [0, 0.1) is 5.82 Å². The van der Waals surface area contributed by atoms with Crippen LogP contribution >= 0.6 is 0 Å². The lowest BCUT2D eigenvalue weighted by Gasteiger charge is -2.30. The first-order chi connectivity index (χ1) is 15.0. The zero-order valence-electron chi connectivity index (χ0n) is 18.3. The van der Waals surface area contributed by atoms with Gasteiger partial charge in [0.15, 0.2) is 0 Å². The van der Waals surface area contributed by atoms with E-state index in [2.05, 4.69) is 20.4 Å². The fourth-order valence-electron chi connectivity index (χ4n) is 3.74. The lowest BCUT2D eigenvalue weighted by molar-refractivity contribution is 0.0951. The van der Waals surface area contributed by atoms with Gasteiger partial charge in [-0.05, 0) is 76.7 Å². The Kier molecular flexibility index (Phi) is 8.00. The molecule has 31 heavy (non-hydrogen) atoms. The highest BCUT2D eigenvalue weighted by atomic mass is 19.1. The summed E-state index contributed by atoms with van der Waals surface area (Å²) in [5, 5.41) is 5.71. The van der Waals surface area contributed by atoms with Gasteiger partial charge in [-0.25, -0.2) is 4.39 Å². The summed E-state index contributed by atoms with van der Waals surface area (Å²) >= 11 is 0. The summed E-state index contributed by atoms with van der Waals surface area (Å²) in [4.78, 5) is 29.8. The van der Waals surface area contributed by atoms with E-state index in [4.69, 9.17) is 0 Å². The molecular weight excluding hydrogens is 395 g/mol. The first-order valence-electron chi connectivity index (χ1n) is 10.8. The molecule has 0 aliphatic carbocycles. The Bertz CT molecular complexity index is 910. The average Bonchev–Trinajstić information content (AvgIpc) is 2.77. The van der Waals surface area contributed by atoms with E-state index in [9.17, 15) is 14.0 Å². The number of nitrogens with one attached hydrogen (secondary N) is 2. The third kappa shape index (κ3) is 6.28. The van der Waals surface area contributed by atoms with E-state index < -0.39 is 11.7 Å². The molecule has 0 atom stereocenters. The standard InChI is InChI=1S/C24H31FN4O2/c1-28(2)14-8-13-26-23(30)20-17-18(11-12-22(20)29-15-6-3-7-16-29)27-24(31)19-9-4-5-10-21(19)25/h4-5,9-12,17H,3,6-8,13-16H2,1-2H3,(H,26,30)(H,27,31). The van der Waals surface area contributed by atoms with Crippen LogP contribution in [0.25, 0.3) is 0 Å². The van der Waals surface area contributed by atoms with Crippen molar-refractivity contribution >= 4 is 23.2 Å². The number of hydrogen-bond donors (Lipinski definition) is 2. The Morgan fingerprint density at radius 1 is 1.00 bits per heavy atom. The zero-order chi connectivity index (χ0) is 22.2. The maximum absolute atomic E-state index is 14.0. The van der Waals surface area contributed by atoms with Crippen molar-refractivity contribution in [1.82, 2.24) is 10.2 Å².